The normalized spacial score (nSPS) is 14.8. The number of nitrogens with one attached hydrogen (secondary N) is 1. The van der Waals surface area contributed by atoms with Gasteiger partial charge in [-0.15, -0.1) is 16.4 Å². The highest BCUT2D eigenvalue weighted by molar-refractivity contribution is 7.13. The standard InChI is InChI=1S/C11H13N5OS/c1-6-5-12-11(18-6)16-7(2)9(14-15-16)10(17)13-8-3-4-8/h5,8H,3-4H2,1-2H3,(H,13,17). The zero-order chi connectivity index (χ0) is 12.7. The van der Waals surface area contributed by atoms with E-state index in [-0.39, 0.29) is 5.91 Å². The first-order valence-electron chi connectivity index (χ1n) is 5.81. The number of nitrogens with zero attached hydrogens (tertiary/aromatic N) is 4. The van der Waals surface area contributed by atoms with Crippen molar-refractivity contribution < 1.29 is 4.79 Å². The minimum Gasteiger partial charge on any atom is -0.348 e. The van der Waals surface area contributed by atoms with E-state index in [0.717, 1.165) is 28.5 Å². The maximum atomic E-state index is 11.9. The van der Waals surface area contributed by atoms with Gasteiger partial charge in [0.05, 0.1) is 5.69 Å². The Bertz CT molecular complexity index is 598. The van der Waals surface area contributed by atoms with Gasteiger partial charge in [-0.05, 0) is 26.7 Å². The summed E-state index contributed by atoms with van der Waals surface area (Å²) in [5.74, 6) is -0.144. The molecule has 2 aromatic heterocycles. The molecule has 0 saturated heterocycles. The molecular formula is C11H13N5OS. The first-order valence-corrected chi connectivity index (χ1v) is 6.63. The highest BCUT2D eigenvalue weighted by atomic mass is 32.1. The lowest BCUT2D eigenvalue weighted by molar-refractivity contribution is 0.0945. The highest BCUT2D eigenvalue weighted by Crippen LogP contribution is 2.21. The Hall–Kier alpha value is -1.76. The third-order valence-electron chi connectivity index (χ3n) is 2.81. The molecule has 94 valence electrons. The van der Waals surface area contributed by atoms with Crippen molar-refractivity contribution in [2.24, 2.45) is 0 Å². The van der Waals surface area contributed by atoms with Crippen LogP contribution in [-0.2, 0) is 0 Å². The second-order valence-electron chi connectivity index (χ2n) is 4.44. The molecule has 0 aromatic carbocycles. The molecule has 2 heterocycles. The van der Waals surface area contributed by atoms with Gasteiger partial charge in [-0.3, -0.25) is 4.79 Å². The largest absolute Gasteiger partial charge is 0.348 e. The summed E-state index contributed by atoms with van der Waals surface area (Å²) in [6.45, 7) is 3.81. The van der Waals surface area contributed by atoms with Crippen LogP contribution < -0.4 is 5.32 Å². The number of hydrogen-bond acceptors (Lipinski definition) is 5. The Morgan fingerprint density at radius 1 is 1.50 bits per heavy atom. The molecule has 1 fully saturated rings. The third kappa shape index (κ3) is 2.01. The summed E-state index contributed by atoms with van der Waals surface area (Å²) in [7, 11) is 0. The number of rotatable bonds is 3. The average molecular weight is 263 g/mol. The van der Waals surface area contributed by atoms with Gasteiger partial charge >= 0.3 is 0 Å². The van der Waals surface area contributed by atoms with Gasteiger partial charge in [0.2, 0.25) is 5.13 Å². The summed E-state index contributed by atoms with van der Waals surface area (Å²) in [6, 6.07) is 0.323. The maximum Gasteiger partial charge on any atom is 0.273 e. The molecule has 1 N–H and O–H groups in total. The molecular weight excluding hydrogens is 250 g/mol. The van der Waals surface area contributed by atoms with Crippen LogP contribution in [0.5, 0.6) is 0 Å². The number of carbonyl (C=O) groups is 1. The topological polar surface area (TPSA) is 72.7 Å². The SMILES string of the molecule is Cc1cnc(-n2nnc(C(=O)NC3CC3)c2C)s1. The van der Waals surface area contributed by atoms with E-state index in [1.54, 1.807) is 10.9 Å². The van der Waals surface area contributed by atoms with Crippen LogP contribution in [0.1, 0.15) is 33.9 Å². The molecule has 1 aliphatic carbocycles. The molecule has 0 aliphatic heterocycles. The molecule has 1 aliphatic rings. The average Bonchev–Trinajstić information content (AvgIpc) is 2.90. The molecule has 0 radical (unpaired) electrons. The van der Waals surface area contributed by atoms with Crippen LogP contribution in [0, 0.1) is 13.8 Å². The molecule has 0 bridgehead atoms. The summed E-state index contributed by atoms with van der Waals surface area (Å²) in [5, 5.41) is 11.6. The van der Waals surface area contributed by atoms with Crippen LogP contribution in [0.15, 0.2) is 6.20 Å². The van der Waals surface area contributed by atoms with Crippen molar-refractivity contribution in [3.05, 3.63) is 22.5 Å². The van der Waals surface area contributed by atoms with Gasteiger partial charge in [-0.25, -0.2) is 4.98 Å². The van der Waals surface area contributed by atoms with Crippen molar-refractivity contribution in [1.82, 2.24) is 25.3 Å². The molecule has 7 heteroatoms. The Balaban J connectivity index is 1.89. The lowest BCUT2D eigenvalue weighted by atomic mass is 10.3. The zero-order valence-corrected chi connectivity index (χ0v) is 11.0. The van der Waals surface area contributed by atoms with Crippen LogP contribution in [0.2, 0.25) is 0 Å². The van der Waals surface area contributed by atoms with Crippen molar-refractivity contribution in [3.63, 3.8) is 0 Å². The Kier molecular flexibility index (Phi) is 2.62. The van der Waals surface area contributed by atoms with Gasteiger partial charge in [-0.1, -0.05) is 5.21 Å². The number of amides is 1. The van der Waals surface area contributed by atoms with Crippen LogP contribution in [0.3, 0.4) is 0 Å². The van der Waals surface area contributed by atoms with E-state index in [1.807, 2.05) is 13.8 Å². The minimum absolute atomic E-state index is 0.144. The van der Waals surface area contributed by atoms with Crippen LogP contribution in [0.25, 0.3) is 5.13 Å². The van der Waals surface area contributed by atoms with Crippen molar-refractivity contribution >= 4 is 17.2 Å². The third-order valence-corrected chi connectivity index (χ3v) is 3.70. The summed E-state index contributed by atoms with van der Waals surface area (Å²) >= 11 is 1.52. The van der Waals surface area contributed by atoms with Crippen molar-refractivity contribution in [1.29, 1.82) is 0 Å². The first-order chi connectivity index (χ1) is 8.65. The van der Waals surface area contributed by atoms with Gasteiger partial charge in [0.25, 0.3) is 5.91 Å². The lowest BCUT2D eigenvalue weighted by Gasteiger charge is -2.01. The van der Waals surface area contributed by atoms with Gasteiger partial charge in [0, 0.05) is 17.1 Å². The first kappa shape index (κ1) is 11.3. The fraction of sp³-hybridized carbons (Fsp3) is 0.455. The lowest BCUT2D eigenvalue weighted by Crippen LogP contribution is -2.26. The maximum absolute atomic E-state index is 11.9. The summed E-state index contributed by atoms with van der Waals surface area (Å²) in [4.78, 5) is 17.3. The minimum atomic E-state index is -0.144. The van der Waals surface area contributed by atoms with Gasteiger partial charge in [-0.2, -0.15) is 4.68 Å². The van der Waals surface area contributed by atoms with Crippen LogP contribution in [-0.4, -0.2) is 31.9 Å². The van der Waals surface area contributed by atoms with Crippen molar-refractivity contribution in [2.75, 3.05) is 0 Å². The van der Waals surface area contributed by atoms with Gasteiger partial charge in [0.1, 0.15) is 0 Å². The highest BCUT2D eigenvalue weighted by Gasteiger charge is 2.26. The summed E-state index contributed by atoms with van der Waals surface area (Å²) in [5.41, 5.74) is 1.11. The number of aromatic nitrogens is 4. The predicted molar refractivity (Wildman–Crippen MR) is 67.0 cm³/mol. The monoisotopic (exact) mass is 263 g/mol. The van der Waals surface area contributed by atoms with Gasteiger partial charge in [0.15, 0.2) is 5.69 Å². The second kappa shape index (κ2) is 4.16. The molecule has 2 aromatic rings. The van der Waals surface area contributed by atoms with E-state index in [4.69, 9.17) is 0 Å². The molecule has 6 nitrogen and oxygen atoms in total. The predicted octanol–water partition coefficient (Wildman–Crippen LogP) is 1.23. The molecule has 3 rings (SSSR count). The Morgan fingerprint density at radius 3 is 2.89 bits per heavy atom. The molecule has 1 amide bonds. The molecule has 0 spiro atoms. The van der Waals surface area contributed by atoms with Gasteiger partial charge < -0.3 is 5.32 Å². The van der Waals surface area contributed by atoms with Crippen molar-refractivity contribution in [2.45, 2.75) is 32.7 Å². The number of thiazole rings is 1. The van der Waals surface area contributed by atoms with Crippen LogP contribution >= 0.6 is 11.3 Å². The number of aryl methyl sites for hydroxylation is 1. The quantitative estimate of drug-likeness (QED) is 0.904. The molecule has 0 atom stereocenters. The number of carbonyl (C=O) groups excluding carboxylic acids is 1. The van der Waals surface area contributed by atoms with E-state index < -0.39 is 0 Å². The Labute approximate surface area is 108 Å². The zero-order valence-electron chi connectivity index (χ0n) is 10.2. The van der Waals surface area contributed by atoms with Crippen molar-refractivity contribution in [3.8, 4) is 5.13 Å². The van der Waals surface area contributed by atoms with E-state index in [0.29, 0.717) is 11.7 Å². The van der Waals surface area contributed by atoms with Crippen LogP contribution in [0.4, 0.5) is 0 Å². The number of hydrogen-bond donors (Lipinski definition) is 1. The molecule has 1 saturated carbocycles. The van der Waals surface area contributed by atoms with E-state index >= 15 is 0 Å². The fourth-order valence-corrected chi connectivity index (χ4v) is 2.40. The second-order valence-corrected chi connectivity index (χ2v) is 5.65. The molecule has 18 heavy (non-hydrogen) atoms. The smallest absolute Gasteiger partial charge is 0.273 e. The summed E-state index contributed by atoms with van der Waals surface area (Å²) in [6.07, 6.45) is 3.90. The molecule has 0 unspecified atom stereocenters. The van der Waals surface area contributed by atoms with E-state index in [2.05, 4.69) is 20.6 Å². The van der Waals surface area contributed by atoms with E-state index in [9.17, 15) is 4.79 Å². The summed E-state index contributed by atoms with van der Waals surface area (Å²) < 4.78 is 1.61. The fourth-order valence-electron chi connectivity index (χ4n) is 1.64. The van der Waals surface area contributed by atoms with E-state index in [1.165, 1.54) is 11.3 Å². The Morgan fingerprint density at radius 2 is 2.28 bits per heavy atom.